The van der Waals surface area contributed by atoms with Crippen LogP contribution in [0.25, 0.3) is 21.8 Å². The van der Waals surface area contributed by atoms with Crippen molar-refractivity contribution in [1.29, 1.82) is 0 Å². The Labute approximate surface area is 148 Å². The second-order valence-electron chi connectivity index (χ2n) is 6.11. The van der Waals surface area contributed by atoms with Crippen molar-refractivity contribution in [3.63, 3.8) is 0 Å². The monoisotopic (exact) mass is 347 g/mol. The summed E-state index contributed by atoms with van der Waals surface area (Å²) >= 11 is 0. The molecule has 2 aromatic heterocycles. The van der Waals surface area contributed by atoms with Crippen LogP contribution in [0.15, 0.2) is 58.0 Å². The van der Waals surface area contributed by atoms with Crippen molar-refractivity contribution in [3.05, 3.63) is 65.5 Å². The molecule has 0 aliphatic rings. The number of aryl methyl sites for hydroxylation is 1. The molecule has 0 saturated carbocycles. The van der Waals surface area contributed by atoms with E-state index in [4.69, 9.17) is 16.0 Å². The topological polar surface area (TPSA) is 112 Å². The number of benzene rings is 2. The van der Waals surface area contributed by atoms with Gasteiger partial charge < -0.3 is 20.6 Å². The normalized spacial score (nSPS) is 11.1. The van der Waals surface area contributed by atoms with Crippen molar-refractivity contribution in [3.8, 4) is 0 Å². The molecule has 0 radical (unpaired) electrons. The predicted molar refractivity (Wildman–Crippen MR) is 99.9 cm³/mol. The van der Waals surface area contributed by atoms with Crippen molar-refractivity contribution >= 4 is 33.7 Å². The molecule has 0 aliphatic carbocycles. The average molecular weight is 347 g/mol. The highest BCUT2D eigenvalue weighted by Crippen LogP contribution is 2.30. The van der Waals surface area contributed by atoms with Gasteiger partial charge in [-0.15, -0.1) is 0 Å². The summed E-state index contributed by atoms with van der Waals surface area (Å²) in [6.45, 7) is 2.38. The Bertz CT molecular complexity index is 1170. The highest BCUT2D eigenvalue weighted by Gasteiger charge is 2.14. The Hall–Kier alpha value is -3.61. The average Bonchev–Trinajstić information content (AvgIpc) is 3.16. The lowest BCUT2D eigenvalue weighted by atomic mass is 10.1. The largest absolute Gasteiger partial charge is 0.370 e. The van der Waals surface area contributed by atoms with Crippen molar-refractivity contribution in [2.45, 2.75) is 13.5 Å². The Balaban J connectivity index is 1.93. The smallest absolute Gasteiger partial charge is 0.280 e. The molecule has 0 unspecified atom stereocenters. The van der Waals surface area contributed by atoms with Crippen LogP contribution in [0.2, 0.25) is 0 Å². The third kappa shape index (κ3) is 2.69. The van der Waals surface area contributed by atoms with Crippen LogP contribution in [0.1, 0.15) is 21.8 Å². The van der Waals surface area contributed by atoms with E-state index >= 15 is 0 Å². The fourth-order valence-electron chi connectivity index (χ4n) is 3.19. The number of hydrogen-bond donors (Lipinski definition) is 2. The van der Waals surface area contributed by atoms with Gasteiger partial charge in [-0.05, 0) is 25.1 Å². The van der Waals surface area contributed by atoms with Crippen LogP contribution in [0.5, 0.6) is 0 Å². The summed E-state index contributed by atoms with van der Waals surface area (Å²) in [6, 6.07) is 15.4. The first-order valence-electron chi connectivity index (χ1n) is 8.10. The zero-order valence-electron chi connectivity index (χ0n) is 14.1. The number of aliphatic imine (C=N–C) groups is 1. The van der Waals surface area contributed by atoms with E-state index in [0.717, 1.165) is 33.3 Å². The molecule has 0 fully saturated rings. The van der Waals surface area contributed by atoms with E-state index in [9.17, 15) is 4.79 Å². The van der Waals surface area contributed by atoms with Crippen LogP contribution in [0.3, 0.4) is 0 Å². The fraction of sp³-hybridized carbons (Fsp3) is 0.105. The van der Waals surface area contributed by atoms with E-state index < -0.39 is 5.91 Å². The van der Waals surface area contributed by atoms with Gasteiger partial charge in [-0.25, -0.2) is 0 Å². The summed E-state index contributed by atoms with van der Waals surface area (Å²) in [5.41, 5.74) is 13.8. The molecule has 2 aromatic carbocycles. The number of nitrogens with two attached hydrogens (primary N) is 2. The number of carbonyl (C=O) groups excluding carboxylic acids is 1. The van der Waals surface area contributed by atoms with Crippen LogP contribution in [0, 0.1) is 6.92 Å². The number of guanidine groups is 1. The molecule has 2 heterocycles. The lowest BCUT2D eigenvalue weighted by Gasteiger charge is -2.05. The van der Waals surface area contributed by atoms with Crippen LogP contribution in [-0.4, -0.2) is 21.6 Å². The van der Waals surface area contributed by atoms with Gasteiger partial charge in [-0.3, -0.25) is 4.79 Å². The highest BCUT2D eigenvalue weighted by atomic mass is 16.5. The van der Waals surface area contributed by atoms with E-state index in [1.807, 2.05) is 37.3 Å². The van der Waals surface area contributed by atoms with Crippen molar-refractivity contribution in [2.24, 2.45) is 16.5 Å². The first-order valence-corrected chi connectivity index (χ1v) is 8.10. The maximum Gasteiger partial charge on any atom is 0.280 e. The van der Waals surface area contributed by atoms with E-state index in [1.165, 1.54) is 0 Å². The van der Waals surface area contributed by atoms with Gasteiger partial charge in [0, 0.05) is 27.9 Å². The number of rotatable bonds is 3. The summed E-state index contributed by atoms with van der Waals surface area (Å²) in [7, 11) is 0. The zero-order valence-corrected chi connectivity index (χ0v) is 14.1. The Morgan fingerprint density at radius 3 is 2.62 bits per heavy atom. The van der Waals surface area contributed by atoms with Gasteiger partial charge in [-0.2, -0.15) is 4.99 Å². The number of amides is 1. The summed E-state index contributed by atoms with van der Waals surface area (Å²) in [4.78, 5) is 15.8. The minimum Gasteiger partial charge on any atom is -0.370 e. The first kappa shape index (κ1) is 15.9. The summed E-state index contributed by atoms with van der Waals surface area (Å²) < 4.78 is 7.29. The van der Waals surface area contributed by atoms with Crippen LogP contribution in [0.4, 0.5) is 0 Å². The summed E-state index contributed by atoms with van der Waals surface area (Å²) in [5.74, 6) is 0.0269. The maximum atomic E-state index is 12.2. The van der Waals surface area contributed by atoms with Gasteiger partial charge in [0.15, 0.2) is 5.96 Å². The Kier molecular flexibility index (Phi) is 3.69. The standard InChI is InChI=1S/C19H17N5O2/c1-11-8-13(23-26-11)10-24-16-5-3-2-4-14(16)15-7-6-12(9-17(15)24)18(25)22-19(20)21/h2-9H,10H2,1H3,(H4,20,21,22,25). The minimum absolute atomic E-state index is 0.256. The van der Waals surface area contributed by atoms with Gasteiger partial charge in [-0.1, -0.05) is 29.4 Å². The van der Waals surface area contributed by atoms with Gasteiger partial charge in [0.25, 0.3) is 5.91 Å². The lowest BCUT2D eigenvalue weighted by molar-refractivity contribution is 0.100. The van der Waals surface area contributed by atoms with Crippen molar-refractivity contribution in [1.82, 2.24) is 9.72 Å². The number of fused-ring (bicyclic) bond motifs is 3. The van der Waals surface area contributed by atoms with E-state index in [2.05, 4.69) is 20.8 Å². The number of carbonyl (C=O) groups is 1. The molecular formula is C19H17N5O2. The molecule has 7 nitrogen and oxygen atoms in total. The number of hydrogen-bond acceptors (Lipinski definition) is 3. The third-order valence-corrected chi connectivity index (χ3v) is 4.25. The molecule has 0 saturated heterocycles. The van der Waals surface area contributed by atoms with E-state index in [-0.39, 0.29) is 5.96 Å². The second-order valence-corrected chi connectivity index (χ2v) is 6.11. The van der Waals surface area contributed by atoms with Crippen molar-refractivity contribution < 1.29 is 9.32 Å². The summed E-state index contributed by atoms with van der Waals surface area (Å²) in [5, 5.41) is 6.23. The molecular weight excluding hydrogens is 330 g/mol. The predicted octanol–water partition coefficient (Wildman–Crippen LogP) is 2.55. The molecule has 4 N–H and O–H groups in total. The fourth-order valence-corrected chi connectivity index (χ4v) is 3.19. The lowest BCUT2D eigenvalue weighted by Crippen LogP contribution is -2.24. The number of nitrogens with zero attached hydrogens (tertiary/aromatic N) is 3. The molecule has 0 aliphatic heterocycles. The molecule has 0 atom stereocenters. The molecule has 130 valence electrons. The summed E-state index contributed by atoms with van der Waals surface area (Å²) in [6.07, 6.45) is 0. The van der Waals surface area contributed by atoms with Crippen LogP contribution < -0.4 is 11.5 Å². The second kappa shape index (κ2) is 6.03. The minimum atomic E-state index is -0.471. The Morgan fingerprint density at radius 2 is 1.88 bits per heavy atom. The molecule has 4 rings (SSSR count). The quantitative estimate of drug-likeness (QED) is 0.437. The number of para-hydroxylation sites is 1. The van der Waals surface area contributed by atoms with Gasteiger partial charge in [0.05, 0.1) is 12.1 Å². The molecule has 4 aromatic rings. The van der Waals surface area contributed by atoms with Gasteiger partial charge in [0.2, 0.25) is 0 Å². The zero-order chi connectivity index (χ0) is 18.3. The SMILES string of the molecule is Cc1cc(Cn2c3ccccc3c3ccc(C(=O)N=C(N)N)cc32)no1. The van der Waals surface area contributed by atoms with E-state index in [0.29, 0.717) is 12.1 Å². The van der Waals surface area contributed by atoms with Gasteiger partial charge in [0.1, 0.15) is 11.5 Å². The molecule has 0 spiro atoms. The molecule has 1 amide bonds. The third-order valence-electron chi connectivity index (χ3n) is 4.25. The number of aromatic nitrogens is 2. The highest BCUT2D eigenvalue weighted by molar-refractivity contribution is 6.11. The van der Waals surface area contributed by atoms with E-state index in [1.54, 1.807) is 12.1 Å². The van der Waals surface area contributed by atoms with Crippen molar-refractivity contribution in [2.75, 3.05) is 0 Å². The molecule has 26 heavy (non-hydrogen) atoms. The Morgan fingerprint density at radius 1 is 1.12 bits per heavy atom. The maximum absolute atomic E-state index is 12.2. The van der Waals surface area contributed by atoms with Gasteiger partial charge >= 0.3 is 0 Å². The molecule has 0 bridgehead atoms. The van der Waals surface area contributed by atoms with Crippen LogP contribution in [-0.2, 0) is 6.54 Å². The van der Waals surface area contributed by atoms with Crippen LogP contribution >= 0.6 is 0 Å². The molecule has 7 heteroatoms. The first-order chi connectivity index (χ1) is 12.5.